The molecule has 3 atom stereocenters. The number of aliphatic imine (C=N–C) groups is 1. The van der Waals surface area contributed by atoms with Crippen molar-refractivity contribution < 1.29 is 4.74 Å². The lowest BCUT2D eigenvalue weighted by Crippen LogP contribution is -2.44. The predicted octanol–water partition coefficient (Wildman–Crippen LogP) is 3.16. The highest BCUT2D eigenvalue weighted by Crippen LogP contribution is 2.57. The van der Waals surface area contributed by atoms with Gasteiger partial charge in [0, 0.05) is 23.3 Å². The third kappa shape index (κ3) is 2.87. The summed E-state index contributed by atoms with van der Waals surface area (Å²) in [6, 6.07) is 16.4. The van der Waals surface area contributed by atoms with Crippen molar-refractivity contribution in [3.8, 4) is 0 Å². The van der Waals surface area contributed by atoms with E-state index in [1.165, 1.54) is 11.1 Å². The van der Waals surface area contributed by atoms with Crippen LogP contribution in [-0.4, -0.2) is 25.6 Å². The van der Waals surface area contributed by atoms with Gasteiger partial charge in [-0.25, -0.2) is 0 Å². The molecule has 3 unspecified atom stereocenters. The third-order valence-corrected chi connectivity index (χ3v) is 5.01. The zero-order chi connectivity index (χ0) is 16.6. The van der Waals surface area contributed by atoms with Crippen molar-refractivity contribution >= 4 is 17.8 Å². The number of hydrogen-bond donors (Lipinski definition) is 2. The number of hydrogen-bond acceptors (Lipinski definition) is 4. The smallest absolute Gasteiger partial charge is 0.137 e. The molecule has 2 N–H and O–H groups in total. The van der Waals surface area contributed by atoms with Crippen LogP contribution in [0.25, 0.3) is 0 Å². The van der Waals surface area contributed by atoms with Gasteiger partial charge in [-0.15, -0.1) is 0 Å². The first-order chi connectivity index (χ1) is 11.7. The van der Waals surface area contributed by atoms with E-state index in [2.05, 4.69) is 46.8 Å². The van der Waals surface area contributed by atoms with Crippen LogP contribution in [0, 0.1) is 6.92 Å². The first-order valence-electron chi connectivity index (χ1n) is 8.15. The number of ether oxygens (including phenoxy) is 1. The molecule has 1 saturated heterocycles. The zero-order valence-electron chi connectivity index (χ0n) is 13.5. The van der Waals surface area contributed by atoms with Crippen LogP contribution in [0.3, 0.4) is 0 Å². The van der Waals surface area contributed by atoms with Gasteiger partial charge >= 0.3 is 0 Å². The maximum atomic E-state index is 6.39. The normalized spacial score (nSPS) is 28.2. The average Bonchev–Trinajstić information content (AvgIpc) is 3.08. The number of rotatable bonds is 5. The Balaban J connectivity index is 1.62. The van der Waals surface area contributed by atoms with E-state index in [1.54, 1.807) is 0 Å². The largest absolute Gasteiger partial charge is 0.354 e. The summed E-state index contributed by atoms with van der Waals surface area (Å²) < 4.78 is 6.24. The maximum absolute atomic E-state index is 6.39. The van der Waals surface area contributed by atoms with E-state index in [1.807, 2.05) is 30.5 Å². The number of nitrogens with zero attached hydrogens (tertiary/aromatic N) is 1. The molecule has 0 spiro atoms. The molecule has 0 saturated carbocycles. The fourth-order valence-corrected chi connectivity index (χ4v) is 3.45. The SMILES string of the molecule is Cc1ccc(C2(CNC3C=NCN3)OC2c2ccccc2Cl)cc1. The highest BCUT2D eigenvalue weighted by atomic mass is 35.5. The second-order valence-electron chi connectivity index (χ2n) is 6.33. The van der Waals surface area contributed by atoms with Gasteiger partial charge in [0.2, 0.25) is 0 Å². The molecule has 2 aromatic rings. The van der Waals surface area contributed by atoms with E-state index in [-0.39, 0.29) is 12.3 Å². The van der Waals surface area contributed by atoms with E-state index >= 15 is 0 Å². The van der Waals surface area contributed by atoms with Gasteiger partial charge in [-0.3, -0.25) is 15.6 Å². The van der Waals surface area contributed by atoms with Crippen molar-refractivity contribution in [2.75, 3.05) is 13.2 Å². The van der Waals surface area contributed by atoms with E-state index in [0.29, 0.717) is 13.2 Å². The summed E-state index contributed by atoms with van der Waals surface area (Å²) in [5.74, 6) is 0. The minimum Gasteiger partial charge on any atom is -0.354 e. The number of epoxide rings is 1. The van der Waals surface area contributed by atoms with Crippen LogP contribution in [0.1, 0.15) is 22.8 Å². The van der Waals surface area contributed by atoms with Crippen LogP contribution in [0.5, 0.6) is 0 Å². The Hall–Kier alpha value is -1.72. The van der Waals surface area contributed by atoms with Crippen LogP contribution in [0.2, 0.25) is 5.02 Å². The van der Waals surface area contributed by atoms with Gasteiger partial charge in [-0.1, -0.05) is 59.6 Å². The average molecular weight is 342 g/mol. The summed E-state index contributed by atoms with van der Waals surface area (Å²) in [6.45, 7) is 3.44. The fraction of sp³-hybridized carbons (Fsp3) is 0.316. The molecule has 0 aromatic heterocycles. The van der Waals surface area contributed by atoms with E-state index < -0.39 is 5.60 Å². The second kappa shape index (κ2) is 6.30. The fourth-order valence-electron chi connectivity index (χ4n) is 3.22. The topological polar surface area (TPSA) is 49.0 Å². The van der Waals surface area contributed by atoms with Crippen LogP contribution in [-0.2, 0) is 10.3 Å². The van der Waals surface area contributed by atoms with Crippen LogP contribution in [0.4, 0.5) is 0 Å². The summed E-state index contributed by atoms with van der Waals surface area (Å²) in [4.78, 5) is 4.20. The van der Waals surface area contributed by atoms with Crippen LogP contribution >= 0.6 is 11.6 Å². The molecule has 4 nitrogen and oxygen atoms in total. The molecule has 2 heterocycles. The lowest BCUT2D eigenvalue weighted by atomic mass is 9.91. The molecule has 24 heavy (non-hydrogen) atoms. The lowest BCUT2D eigenvalue weighted by molar-refractivity contribution is 0.282. The first kappa shape index (κ1) is 15.8. The van der Waals surface area contributed by atoms with E-state index in [9.17, 15) is 0 Å². The lowest BCUT2D eigenvalue weighted by Gasteiger charge is -2.18. The van der Waals surface area contributed by atoms with E-state index in [4.69, 9.17) is 16.3 Å². The molecule has 5 heteroatoms. The summed E-state index contributed by atoms with van der Waals surface area (Å²) in [5.41, 5.74) is 3.05. The van der Waals surface area contributed by atoms with Gasteiger partial charge in [0.05, 0.1) is 12.8 Å². The summed E-state index contributed by atoms with van der Waals surface area (Å²) in [5, 5.41) is 7.50. The summed E-state index contributed by atoms with van der Waals surface area (Å²) in [6.07, 6.45) is 1.94. The highest BCUT2D eigenvalue weighted by molar-refractivity contribution is 6.31. The van der Waals surface area contributed by atoms with Crippen molar-refractivity contribution in [1.29, 1.82) is 0 Å². The Bertz CT molecular complexity index is 761. The molecule has 0 bridgehead atoms. The maximum Gasteiger partial charge on any atom is 0.137 e. The van der Waals surface area contributed by atoms with Gasteiger partial charge in [0.25, 0.3) is 0 Å². The quantitative estimate of drug-likeness (QED) is 0.821. The highest BCUT2D eigenvalue weighted by Gasteiger charge is 2.58. The molecule has 2 aliphatic rings. The van der Waals surface area contributed by atoms with Gasteiger partial charge in [-0.2, -0.15) is 0 Å². The van der Waals surface area contributed by atoms with Gasteiger partial charge in [0.15, 0.2) is 0 Å². The Kier molecular flexibility index (Phi) is 4.14. The van der Waals surface area contributed by atoms with Gasteiger partial charge in [0.1, 0.15) is 11.7 Å². The Morgan fingerprint density at radius 1 is 1.25 bits per heavy atom. The molecule has 2 aromatic carbocycles. The van der Waals surface area contributed by atoms with Gasteiger partial charge < -0.3 is 4.74 Å². The summed E-state index contributed by atoms with van der Waals surface area (Å²) >= 11 is 6.39. The zero-order valence-corrected chi connectivity index (χ0v) is 14.3. The minimum absolute atomic E-state index is 0.0419. The standard InChI is InChI=1S/C19H20ClN3O/c1-13-6-8-14(9-7-13)19(11-22-17-10-21-12-23-17)18(24-19)15-4-2-3-5-16(15)20/h2-10,17-18,22-23H,11-12H2,1H3. The second-order valence-corrected chi connectivity index (χ2v) is 6.73. The number of halogens is 1. The molecular formula is C19H20ClN3O. The monoisotopic (exact) mass is 341 g/mol. The molecule has 0 amide bonds. The summed E-state index contributed by atoms with van der Waals surface area (Å²) in [7, 11) is 0. The van der Waals surface area contributed by atoms with Crippen molar-refractivity contribution in [2.24, 2.45) is 4.99 Å². The Morgan fingerprint density at radius 2 is 2.04 bits per heavy atom. The first-order valence-corrected chi connectivity index (χ1v) is 8.53. The molecule has 0 aliphatic carbocycles. The Morgan fingerprint density at radius 3 is 2.75 bits per heavy atom. The molecule has 124 valence electrons. The van der Waals surface area contributed by atoms with Gasteiger partial charge in [-0.05, 0) is 18.6 Å². The molecular weight excluding hydrogens is 322 g/mol. The van der Waals surface area contributed by atoms with E-state index in [0.717, 1.165) is 10.6 Å². The predicted molar refractivity (Wildman–Crippen MR) is 96.4 cm³/mol. The van der Waals surface area contributed by atoms with Crippen molar-refractivity contribution in [1.82, 2.24) is 10.6 Å². The van der Waals surface area contributed by atoms with Crippen LogP contribution in [0.15, 0.2) is 53.5 Å². The molecule has 0 radical (unpaired) electrons. The van der Waals surface area contributed by atoms with Crippen LogP contribution < -0.4 is 10.6 Å². The van der Waals surface area contributed by atoms with Crippen molar-refractivity contribution in [2.45, 2.75) is 24.8 Å². The Labute approximate surface area is 146 Å². The minimum atomic E-state index is -0.392. The number of nitrogens with one attached hydrogen (secondary N) is 2. The number of aryl methyl sites for hydroxylation is 1. The van der Waals surface area contributed by atoms with Crippen molar-refractivity contribution in [3.63, 3.8) is 0 Å². The van der Waals surface area contributed by atoms with Crippen molar-refractivity contribution in [3.05, 3.63) is 70.2 Å². The third-order valence-electron chi connectivity index (χ3n) is 4.66. The molecule has 1 fully saturated rings. The molecule has 2 aliphatic heterocycles. The molecule has 4 rings (SSSR count). The number of benzene rings is 2.